The summed E-state index contributed by atoms with van der Waals surface area (Å²) in [4.78, 5) is 8.54. The monoisotopic (exact) mass is 298 g/mol. The lowest BCUT2D eigenvalue weighted by Crippen LogP contribution is -2.38. The van der Waals surface area contributed by atoms with Gasteiger partial charge in [-0.1, -0.05) is 36.8 Å². The second kappa shape index (κ2) is 6.22. The Morgan fingerprint density at radius 3 is 2.73 bits per heavy atom. The summed E-state index contributed by atoms with van der Waals surface area (Å²) in [6.07, 6.45) is 2.97. The SMILES string of the molecule is CN=C(NCc1ncc(-c2ccc(C)cc2)o1)NC1CC1C. The van der Waals surface area contributed by atoms with Crippen LogP contribution < -0.4 is 10.6 Å². The standard InChI is InChI=1S/C17H22N4O/c1-11-4-6-13(7-5-11)15-9-19-16(22-15)10-20-17(18-3)21-14-8-12(14)2/h4-7,9,12,14H,8,10H2,1-3H3,(H2,18,20,21). The number of aliphatic imine (C=N–C) groups is 1. The van der Waals surface area contributed by atoms with Crippen molar-refractivity contribution < 1.29 is 4.42 Å². The highest BCUT2D eigenvalue weighted by molar-refractivity contribution is 5.80. The van der Waals surface area contributed by atoms with E-state index in [1.807, 2.05) is 12.1 Å². The Hall–Kier alpha value is -2.30. The topological polar surface area (TPSA) is 62.5 Å². The first-order valence-electron chi connectivity index (χ1n) is 7.64. The lowest BCUT2D eigenvalue weighted by atomic mass is 10.1. The van der Waals surface area contributed by atoms with Crippen molar-refractivity contribution in [2.24, 2.45) is 10.9 Å². The summed E-state index contributed by atoms with van der Waals surface area (Å²) in [5.41, 5.74) is 2.27. The number of rotatable bonds is 4. The van der Waals surface area contributed by atoms with Crippen LogP contribution in [0.15, 0.2) is 39.9 Å². The van der Waals surface area contributed by atoms with E-state index in [-0.39, 0.29) is 0 Å². The molecular weight excluding hydrogens is 276 g/mol. The molecule has 1 fully saturated rings. The van der Waals surface area contributed by atoms with Gasteiger partial charge >= 0.3 is 0 Å². The number of guanidine groups is 1. The van der Waals surface area contributed by atoms with E-state index in [9.17, 15) is 0 Å². The molecule has 2 atom stereocenters. The minimum absolute atomic E-state index is 0.520. The summed E-state index contributed by atoms with van der Waals surface area (Å²) >= 11 is 0. The summed E-state index contributed by atoms with van der Waals surface area (Å²) in [5.74, 6) is 2.97. The minimum atomic E-state index is 0.520. The van der Waals surface area contributed by atoms with Crippen LogP contribution in [0.3, 0.4) is 0 Å². The zero-order valence-corrected chi connectivity index (χ0v) is 13.3. The third kappa shape index (κ3) is 3.47. The third-order valence-corrected chi connectivity index (χ3v) is 3.95. The maximum Gasteiger partial charge on any atom is 0.214 e. The maximum atomic E-state index is 5.79. The fourth-order valence-corrected chi connectivity index (χ4v) is 2.30. The molecule has 0 bridgehead atoms. The van der Waals surface area contributed by atoms with E-state index in [2.05, 4.69) is 46.6 Å². The Bertz CT molecular complexity index is 660. The van der Waals surface area contributed by atoms with Crippen LogP contribution in [-0.2, 0) is 6.54 Å². The summed E-state index contributed by atoms with van der Waals surface area (Å²) in [5, 5.41) is 6.61. The molecule has 116 valence electrons. The van der Waals surface area contributed by atoms with Gasteiger partial charge in [0.1, 0.15) is 0 Å². The summed E-state index contributed by atoms with van der Waals surface area (Å²) in [7, 11) is 1.77. The molecule has 1 saturated carbocycles. The van der Waals surface area contributed by atoms with E-state index >= 15 is 0 Å². The van der Waals surface area contributed by atoms with Crippen LogP contribution in [0.1, 0.15) is 24.8 Å². The second-order valence-corrected chi connectivity index (χ2v) is 5.87. The van der Waals surface area contributed by atoms with Gasteiger partial charge in [-0.15, -0.1) is 0 Å². The van der Waals surface area contributed by atoms with Crippen LogP contribution in [-0.4, -0.2) is 24.0 Å². The molecule has 5 nitrogen and oxygen atoms in total. The quantitative estimate of drug-likeness (QED) is 0.673. The largest absolute Gasteiger partial charge is 0.439 e. The van der Waals surface area contributed by atoms with Gasteiger partial charge in [-0.25, -0.2) is 4.98 Å². The van der Waals surface area contributed by atoms with E-state index in [4.69, 9.17) is 4.42 Å². The van der Waals surface area contributed by atoms with Gasteiger partial charge in [0, 0.05) is 18.7 Å². The van der Waals surface area contributed by atoms with Crippen LogP contribution in [0.5, 0.6) is 0 Å². The molecule has 0 spiro atoms. The van der Waals surface area contributed by atoms with Gasteiger partial charge in [0.15, 0.2) is 11.7 Å². The molecule has 1 aliphatic rings. The first kappa shape index (κ1) is 14.6. The number of aromatic nitrogens is 1. The molecule has 1 aromatic carbocycles. The molecule has 3 rings (SSSR count). The Labute approximate surface area is 130 Å². The summed E-state index contributed by atoms with van der Waals surface area (Å²) in [6.45, 7) is 4.82. The normalized spacial score (nSPS) is 20.8. The predicted molar refractivity (Wildman–Crippen MR) is 87.6 cm³/mol. The smallest absolute Gasteiger partial charge is 0.214 e. The molecule has 0 aliphatic heterocycles. The van der Waals surface area contributed by atoms with Crippen molar-refractivity contribution in [1.82, 2.24) is 15.6 Å². The second-order valence-electron chi connectivity index (χ2n) is 5.87. The molecule has 2 aromatic rings. The number of aryl methyl sites for hydroxylation is 1. The molecule has 1 heterocycles. The average Bonchev–Trinajstić information content (AvgIpc) is 3.01. The Morgan fingerprint density at radius 2 is 2.09 bits per heavy atom. The number of nitrogens with one attached hydrogen (secondary N) is 2. The van der Waals surface area contributed by atoms with Gasteiger partial charge in [-0.05, 0) is 19.3 Å². The molecular formula is C17H22N4O. The van der Waals surface area contributed by atoms with Crippen molar-refractivity contribution in [1.29, 1.82) is 0 Å². The van der Waals surface area contributed by atoms with Gasteiger partial charge in [-0.2, -0.15) is 0 Å². The molecule has 22 heavy (non-hydrogen) atoms. The Balaban J connectivity index is 1.58. The van der Waals surface area contributed by atoms with E-state index in [0.29, 0.717) is 18.5 Å². The Morgan fingerprint density at radius 1 is 1.36 bits per heavy atom. The highest BCUT2D eigenvalue weighted by Crippen LogP contribution is 2.28. The number of benzene rings is 1. The van der Waals surface area contributed by atoms with Gasteiger partial charge in [0.2, 0.25) is 5.89 Å². The van der Waals surface area contributed by atoms with Crippen molar-refractivity contribution in [2.45, 2.75) is 32.9 Å². The van der Waals surface area contributed by atoms with Gasteiger partial charge in [0.05, 0.1) is 12.7 Å². The Kier molecular flexibility index (Phi) is 4.13. The first-order chi connectivity index (χ1) is 10.7. The van der Waals surface area contributed by atoms with Gasteiger partial charge in [0.25, 0.3) is 0 Å². The third-order valence-electron chi connectivity index (χ3n) is 3.95. The summed E-state index contributed by atoms with van der Waals surface area (Å²) < 4.78 is 5.79. The molecule has 2 N–H and O–H groups in total. The fourth-order valence-electron chi connectivity index (χ4n) is 2.30. The van der Waals surface area contributed by atoms with Crippen LogP contribution in [0.25, 0.3) is 11.3 Å². The van der Waals surface area contributed by atoms with Crippen molar-refractivity contribution in [3.63, 3.8) is 0 Å². The molecule has 0 radical (unpaired) electrons. The van der Waals surface area contributed by atoms with Crippen molar-refractivity contribution in [3.05, 3.63) is 41.9 Å². The molecule has 5 heteroatoms. The molecule has 1 aromatic heterocycles. The number of nitrogens with zero attached hydrogens (tertiary/aromatic N) is 2. The van der Waals surface area contributed by atoms with Crippen molar-refractivity contribution >= 4 is 5.96 Å². The lowest BCUT2D eigenvalue weighted by Gasteiger charge is -2.09. The van der Waals surface area contributed by atoms with Gasteiger partial charge < -0.3 is 15.1 Å². The van der Waals surface area contributed by atoms with Gasteiger partial charge in [-0.3, -0.25) is 4.99 Å². The highest BCUT2D eigenvalue weighted by atomic mass is 16.4. The average molecular weight is 298 g/mol. The van der Waals surface area contributed by atoms with Crippen molar-refractivity contribution in [3.8, 4) is 11.3 Å². The molecule has 0 amide bonds. The predicted octanol–water partition coefficient (Wildman–Crippen LogP) is 2.72. The molecule has 0 saturated heterocycles. The van der Waals surface area contributed by atoms with E-state index < -0.39 is 0 Å². The molecule has 1 aliphatic carbocycles. The zero-order chi connectivity index (χ0) is 15.5. The van der Waals surface area contributed by atoms with E-state index in [0.717, 1.165) is 23.2 Å². The number of hydrogen-bond donors (Lipinski definition) is 2. The zero-order valence-electron chi connectivity index (χ0n) is 13.3. The van der Waals surface area contributed by atoms with Crippen LogP contribution in [0.4, 0.5) is 0 Å². The number of hydrogen-bond acceptors (Lipinski definition) is 3. The molecule has 2 unspecified atom stereocenters. The van der Waals surface area contributed by atoms with Crippen LogP contribution >= 0.6 is 0 Å². The van der Waals surface area contributed by atoms with E-state index in [1.165, 1.54) is 12.0 Å². The fraction of sp³-hybridized carbons (Fsp3) is 0.412. The van der Waals surface area contributed by atoms with E-state index in [1.54, 1.807) is 13.2 Å². The summed E-state index contributed by atoms with van der Waals surface area (Å²) in [6, 6.07) is 8.76. The minimum Gasteiger partial charge on any atom is -0.439 e. The lowest BCUT2D eigenvalue weighted by molar-refractivity contribution is 0.497. The van der Waals surface area contributed by atoms with Crippen LogP contribution in [0.2, 0.25) is 0 Å². The highest BCUT2D eigenvalue weighted by Gasteiger charge is 2.33. The first-order valence-corrected chi connectivity index (χ1v) is 7.64. The van der Waals surface area contributed by atoms with Crippen LogP contribution in [0, 0.1) is 12.8 Å². The maximum absolute atomic E-state index is 5.79. The van der Waals surface area contributed by atoms with Crippen molar-refractivity contribution in [2.75, 3.05) is 7.05 Å². The number of oxazole rings is 1.